The fourth-order valence-corrected chi connectivity index (χ4v) is 6.26. The molecule has 4 N–H and O–H groups in total. The molecule has 9 heteroatoms. The number of hydrogen-bond acceptors (Lipinski definition) is 8. The number of hydrogen-bond donors (Lipinski definition) is 3. The van der Waals surface area contributed by atoms with Crippen molar-refractivity contribution in [1.29, 1.82) is 0 Å². The second kappa shape index (κ2) is 10.1. The van der Waals surface area contributed by atoms with E-state index in [1.54, 1.807) is 6.20 Å². The highest BCUT2D eigenvalue weighted by Crippen LogP contribution is 2.41. The van der Waals surface area contributed by atoms with Crippen LogP contribution < -0.4 is 16.4 Å². The van der Waals surface area contributed by atoms with Crippen LogP contribution >= 0.6 is 11.6 Å². The molecule has 0 aromatic carbocycles. The van der Waals surface area contributed by atoms with Crippen molar-refractivity contribution >= 4 is 23.2 Å². The summed E-state index contributed by atoms with van der Waals surface area (Å²) in [4.78, 5) is 12.1. The molecule has 36 heavy (non-hydrogen) atoms. The number of likely N-dealkylation sites (tertiary alicyclic amines) is 1. The fourth-order valence-electron chi connectivity index (χ4n) is 6.06. The number of aromatic nitrogens is 2. The third-order valence-electron chi connectivity index (χ3n) is 8.45. The minimum atomic E-state index is -0.261. The van der Waals surface area contributed by atoms with E-state index in [0.717, 1.165) is 67.8 Å². The van der Waals surface area contributed by atoms with Crippen LogP contribution in [0.2, 0.25) is 5.02 Å². The summed E-state index contributed by atoms with van der Waals surface area (Å²) in [6.07, 6.45) is 8.21. The van der Waals surface area contributed by atoms with Gasteiger partial charge in [0.15, 0.2) is 0 Å². The van der Waals surface area contributed by atoms with Crippen LogP contribution in [0, 0.1) is 5.41 Å². The number of anilines is 2. The number of pyridine rings is 2. The maximum Gasteiger partial charge on any atom is 0.126 e. The monoisotopic (exact) mass is 512 g/mol. The first-order valence-corrected chi connectivity index (χ1v) is 13.7. The Labute approximate surface area is 218 Å². The fraction of sp³-hybridized carbons (Fsp3) is 0.630. The Balaban J connectivity index is 1.06. The van der Waals surface area contributed by atoms with E-state index < -0.39 is 0 Å². The standard InChI is InChI=1S/C27H37ClN6O2/c28-22-13-30-25(32-19-4-6-20(7-5-19)34-15-26(16-34)17-36-18-26)12-21(22)23-2-1-3-24(33-23)31-14-27(29)8-10-35-11-9-27/h1-3,12-13,19-20H,4-11,14-18,29H2,(H,30,32)(H,31,33)/t19-,20-. The largest absolute Gasteiger partial charge is 0.381 e. The van der Waals surface area contributed by atoms with Crippen molar-refractivity contribution in [2.45, 2.75) is 56.1 Å². The van der Waals surface area contributed by atoms with Gasteiger partial charge in [-0.1, -0.05) is 17.7 Å². The van der Waals surface area contributed by atoms with Gasteiger partial charge in [0.1, 0.15) is 11.6 Å². The van der Waals surface area contributed by atoms with Crippen LogP contribution in [0.4, 0.5) is 11.6 Å². The van der Waals surface area contributed by atoms with E-state index in [2.05, 4.69) is 20.5 Å². The molecule has 194 valence electrons. The number of ether oxygens (including phenoxy) is 2. The smallest absolute Gasteiger partial charge is 0.126 e. The topological polar surface area (TPSA) is 97.6 Å². The SMILES string of the molecule is NC1(CNc2cccc(-c3cc(N[C@H]4CC[C@H](N5CC6(COC6)C5)CC4)ncc3Cl)n2)CCOCC1. The lowest BCUT2D eigenvalue weighted by Crippen LogP contribution is -2.68. The van der Waals surface area contributed by atoms with Gasteiger partial charge in [-0.3, -0.25) is 4.90 Å². The van der Waals surface area contributed by atoms with Crippen molar-refractivity contribution in [3.05, 3.63) is 35.5 Å². The molecule has 0 unspecified atom stereocenters. The van der Waals surface area contributed by atoms with E-state index in [1.165, 1.54) is 25.9 Å². The molecule has 1 spiro atoms. The summed E-state index contributed by atoms with van der Waals surface area (Å²) in [5, 5.41) is 7.68. The maximum atomic E-state index is 6.56. The molecule has 4 fully saturated rings. The molecular formula is C27H37ClN6O2. The molecule has 4 aliphatic rings. The molecule has 2 aromatic heterocycles. The Morgan fingerprint density at radius 3 is 2.56 bits per heavy atom. The molecule has 3 aliphatic heterocycles. The summed E-state index contributed by atoms with van der Waals surface area (Å²) in [6, 6.07) is 9.14. The van der Waals surface area contributed by atoms with Crippen molar-refractivity contribution in [3.8, 4) is 11.3 Å². The maximum absolute atomic E-state index is 6.56. The van der Waals surface area contributed by atoms with Gasteiger partial charge in [0, 0.05) is 67.6 Å². The van der Waals surface area contributed by atoms with Crippen LogP contribution in [0.1, 0.15) is 38.5 Å². The highest BCUT2D eigenvalue weighted by Gasteiger charge is 2.50. The highest BCUT2D eigenvalue weighted by molar-refractivity contribution is 6.33. The van der Waals surface area contributed by atoms with Crippen LogP contribution in [0.15, 0.2) is 30.5 Å². The summed E-state index contributed by atoms with van der Waals surface area (Å²) in [6.45, 7) is 6.45. The van der Waals surface area contributed by atoms with Crippen molar-refractivity contribution in [1.82, 2.24) is 14.9 Å². The third kappa shape index (κ3) is 5.20. The predicted molar refractivity (Wildman–Crippen MR) is 142 cm³/mol. The average molecular weight is 513 g/mol. The molecule has 0 radical (unpaired) electrons. The van der Waals surface area contributed by atoms with E-state index in [4.69, 9.17) is 31.8 Å². The quantitative estimate of drug-likeness (QED) is 0.515. The molecule has 1 saturated carbocycles. The zero-order valence-electron chi connectivity index (χ0n) is 20.8. The lowest BCUT2D eigenvalue weighted by molar-refractivity contribution is -0.200. The summed E-state index contributed by atoms with van der Waals surface area (Å²) < 4.78 is 10.9. The molecule has 3 saturated heterocycles. The Morgan fingerprint density at radius 1 is 1.06 bits per heavy atom. The van der Waals surface area contributed by atoms with Gasteiger partial charge in [-0.15, -0.1) is 0 Å². The van der Waals surface area contributed by atoms with Crippen LogP contribution in [0.5, 0.6) is 0 Å². The summed E-state index contributed by atoms with van der Waals surface area (Å²) in [7, 11) is 0. The van der Waals surface area contributed by atoms with Gasteiger partial charge >= 0.3 is 0 Å². The predicted octanol–water partition coefficient (Wildman–Crippen LogP) is 3.77. The van der Waals surface area contributed by atoms with Crippen molar-refractivity contribution in [3.63, 3.8) is 0 Å². The van der Waals surface area contributed by atoms with E-state index in [1.807, 2.05) is 24.3 Å². The van der Waals surface area contributed by atoms with Gasteiger partial charge in [0.25, 0.3) is 0 Å². The van der Waals surface area contributed by atoms with Crippen LogP contribution in [0.3, 0.4) is 0 Å². The Hall–Kier alpha value is -1.97. The molecular weight excluding hydrogens is 476 g/mol. The molecule has 0 bridgehead atoms. The van der Waals surface area contributed by atoms with Crippen LogP contribution in [-0.2, 0) is 9.47 Å². The second-order valence-electron chi connectivity index (χ2n) is 11.3. The van der Waals surface area contributed by atoms with Gasteiger partial charge in [-0.2, -0.15) is 0 Å². The molecule has 0 atom stereocenters. The Morgan fingerprint density at radius 2 is 1.83 bits per heavy atom. The Kier molecular flexibility index (Phi) is 6.81. The second-order valence-corrected chi connectivity index (χ2v) is 11.7. The van der Waals surface area contributed by atoms with Gasteiger partial charge in [0.2, 0.25) is 0 Å². The summed E-state index contributed by atoms with van der Waals surface area (Å²) in [5.41, 5.74) is 8.47. The average Bonchev–Trinajstić information content (AvgIpc) is 2.84. The van der Waals surface area contributed by atoms with Crippen molar-refractivity contribution in [2.75, 3.05) is 56.7 Å². The number of rotatable bonds is 7. The summed E-state index contributed by atoms with van der Waals surface area (Å²) in [5.74, 6) is 1.65. The molecule has 5 heterocycles. The zero-order chi connectivity index (χ0) is 24.6. The van der Waals surface area contributed by atoms with Gasteiger partial charge < -0.3 is 25.8 Å². The zero-order valence-corrected chi connectivity index (χ0v) is 21.6. The lowest BCUT2D eigenvalue weighted by atomic mass is 9.75. The van der Waals surface area contributed by atoms with Gasteiger partial charge in [-0.25, -0.2) is 9.97 Å². The number of nitrogens with one attached hydrogen (secondary N) is 2. The third-order valence-corrected chi connectivity index (χ3v) is 8.75. The Bertz CT molecular complexity index is 1060. The first kappa shape index (κ1) is 24.4. The minimum absolute atomic E-state index is 0.261. The number of nitrogens with zero attached hydrogens (tertiary/aromatic N) is 3. The number of nitrogens with two attached hydrogens (primary N) is 1. The molecule has 0 amide bonds. The molecule has 1 aliphatic carbocycles. The van der Waals surface area contributed by atoms with E-state index >= 15 is 0 Å². The minimum Gasteiger partial charge on any atom is -0.381 e. The normalized spacial score (nSPS) is 27.2. The van der Waals surface area contributed by atoms with Gasteiger partial charge in [0.05, 0.1) is 23.9 Å². The van der Waals surface area contributed by atoms with Crippen molar-refractivity contribution < 1.29 is 9.47 Å². The van der Waals surface area contributed by atoms with Crippen molar-refractivity contribution in [2.24, 2.45) is 11.1 Å². The lowest BCUT2D eigenvalue weighted by Gasteiger charge is -2.58. The summed E-state index contributed by atoms with van der Waals surface area (Å²) >= 11 is 6.56. The van der Waals surface area contributed by atoms with Crippen LogP contribution in [0.25, 0.3) is 11.3 Å². The highest BCUT2D eigenvalue weighted by atomic mass is 35.5. The first-order chi connectivity index (χ1) is 17.5. The number of halogens is 1. The molecule has 2 aromatic rings. The van der Waals surface area contributed by atoms with E-state index in [9.17, 15) is 0 Å². The van der Waals surface area contributed by atoms with E-state index in [-0.39, 0.29) is 5.54 Å². The van der Waals surface area contributed by atoms with E-state index in [0.29, 0.717) is 36.2 Å². The molecule has 6 rings (SSSR count). The van der Waals surface area contributed by atoms with Gasteiger partial charge in [-0.05, 0) is 56.7 Å². The molecule has 8 nitrogen and oxygen atoms in total. The first-order valence-electron chi connectivity index (χ1n) is 13.3. The van der Waals surface area contributed by atoms with Crippen LogP contribution in [-0.4, -0.2) is 78.6 Å².